The summed E-state index contributed by atoms with van der Waals surface area (Å²) in [5, 5.41) is 5.97. The van der Waals surface area contributed by atoms with Gasteiger partial charge in [0.25, 0.3) is 10.0 Å². The smallest absolute Gasteiger partial charge is 0.299 e. The molecule has 2 aromatic rings. The molecule has 0 atom stereocenters. The summed E-state index contributed by atoms with van der Waals surface area (Å²) in [5.41, 5.74) is 3.27. The quantitative estimate of drug-likeness (QED) is 0.525. The van der Waals surface area contributed by atoms with E-state index >= 15 is 0 Å². The van der Waals surface area contributed by atoms with E-state index in [0.717, 1.165) is 27.6 Å². The Morgan fingerprint density at radius 2 is 1.60 bits per heavy atom. The predicted octanol–water partition coefficient (Wildman–Crippen LogP) is 5.05. The number of H-pyrrole nitrogens is 1. The molecule has 2 aliphatic rings. The van der Waals surface area contributed by atoms with Crippen molar-refractivity contribution in [3.63, 3.8) is 0 Å². The lowest BCUT2D eigenvalue weighted by molar-refractivity contribution is 0.595. The minimum absolute atomic E-state index is 0.131. The van der Waals surface area contributed by atoms with E-state index in [2.05, 4.69) is 14.6 Å². The number of sulfonamides is 1. The van der Waals surface area contributed by atoms with Crippen LogP contribution < -0.4 is 0 Å². The summed E-state index contributed by atoms with van der Waals surface area (Å²) < 4.78 is 28.6. The molecule has 6 heteroatoms. The van der Waals surface area contributed by atoms with Gasteiger partial charge >= 0.3 is 0 Å². The van der Waals surface area contributed by atoms with Gasteiger partial charge in [0.1, 0.15) is 5.69 Å². The first kappa shape index (κ1) is 15.5. The molecule has 0 amide bonds. The molecule has 5 nitrogen and oxygen atoms in total. The second-order valence-electron chi connectivity index (χ2n) is 5.82. The fourth-order valence-corrected chi connectivity index (χ4v) is 3.64. The van der Waals surface area contributed by atoms with Crippen LogP contribution in [0.15, 0.2) is 81.4 Å². The third-order valence-corrected chi connectivity index (χ3v) is 5.30. The third-order valence-electron chi connectivity index (χ3n) is 4.13. The Hall–Kier alpha value is -2.99. The van der Waals surface area contributed by atoms with Crippen LogP contribution in [0.5, 0.6) is 0 Å². The van der Waals surface area contributed by atoms with Crippen LogP contribution in [0.2, 0.25) is 0 Å². The van der Waals surface area contributed by atoms with Gasteiger partial charge in [-0.25, -0.2) is 0 Å². The highest BCUT2D eigenvalue weighted by atomic mass is 32.2. The summed E-state index contributed by atoms with van der Waals surface area (Å²) in [6.45, 7) is 1.90. The van der Waals surface area contributed by atoms with Crippen molar-refractivity contribution in [1.29, 1.82) is 0 Å². The Morgan fingerprint density at radius 3 is 2.36 bits per heavy atom. The Morgan fingerprint density at radius 1 is 0.880 bits per heavy atom. The van der Waals surface area contributed by atoms with Gasteiger partial charge in [0.05, 0.1) is 10.6 Å². The molecule has 0 saturated carbocycles. The lowest BCUT2D eigenvalue weighted by atomic mass is 10.1. The molecular weight excluding hydrogens is 334 g/mol. The maximum absolute atomic E-state index is 12.4. The Labute approximate surface area is 145 Å². The summed E-state index contributed by atoms with van der Waals surface area (Å²) in [6.07, 6.45) is 1.79. The number of aryl methyl sites for hydroxylation is 1. The first-order chi connectivity index (χ1) is 12.1. The van der Waals surface area contributed by atoms with Crippen molar-refractivity contribution >= 4 is 26.5 Å². The van der Waals surface area contributed by atoms with Crippen LogP contribution >= 0.6 is 0 Å². The van der Waals surface area contributed by atoms with Gasteiger partial charge in [-0.1, -0.05) is 52.5 Å². The predicted molar refractivity (Wildman–Crippen MR) is 97.8 cm³/mol. The normalized spacial score (nSPS) is 12.4. The second-order valence-corrected chi connectivity index (χ2v) is 7.41. The van der Waals surface area contributed by atoms with Gasteiger partial charge in [0, 0.05) is 17.1 Å². The van der Waals surface area contributed by atoms with Crippen molar-refractivity contribution < 1.29 is 8.42 Å². The minimum Gasteiger partial charge on any atom is -0.359 e. The highest BCUT2D eigenvalue weighted by molar-refractivity contribution is 7.90. The first-order valence-electron chi connectivity index (χ1n) is 7.79. The molecule has 0 radical (unpaired) electrons. The lowest BCUT2D eigenvalue weighted by Crippen LogP contribution is -1.95. The fraction of sp³-hybridized carbons (Fsp3) is 0.0526. The molecule has 2 aromatic carbocycles. The maximum Gasteiger partial charge on any atom is 0.299 e. The fourth-order valence-electron chi connectivity index (χ4n) is 2.87. The number of aromatic nitrogens is 1. The molecule has 25 heavy (non-hydrogen) atoms. The van der Waals surface area contributed by atoms with Gasteiger partial charge in [-0.05, 0) is 30.5 Å². The number of nitrogens with one attached hydrogen (secondary N) is 1. The molecule has 1 aliphatic heterocycles. The van der Waals surface area contributed by atoms with Crippen LogP contribution in [0.1, 0.15) is 5.56 Å². The van der Waals surface area contributed by atoms with E-state index < -0.39 is 10.0 Å². The number of benzene rings is 2. The number of fused-ring (bicyclic) bond motifs is 3. The molecule has 1 N–H and O–H groups in total. The standard InChI is InChI=1S/C19H15N3O2S/c1-13-8-10-14(11-9-13)25(23,24)22-21-19-17-6-3-2-5-15(17)16-7-4-12-20-18(16)19/h2-12,20H,1H3. The summed E-state index contributed by atoms with van der Waals surface area (Å²) in [6, 6.07) is 18.2. The van der Waals surface area contributed by atoms with Crippen molar-refractivity contribution in [3.05, 3.63) is 72.4 Å². The zero-order chi connectivity index (χ0) is 17.4. The van der Waals surface area contributed by atoms with Crippen molar-refractivity contribution in [3.8, 4) is 11.3 Å². The topological polar surface area (TPSA) is 74.7 Å². The zero-order valence-corrected chi connectivity index (χ0v) is 14.3. The zero-order valence-electron chi connectivity index (χ0n) is 13.5. The molecule has 1 aliphatic carbocycles. The van der Waals surface area contributed by atoms with Crippen LogP contribution in [0.25, 0.3) is 22.0 Å². The number of rotatable bonds is 3. The van der Waals surface area contributed by atoms with Crippen molar-refractivity contribution in [2.45, 2.75) is 11.8 Å². The van der Waals surface area contributed by atoms with Crippen LogP contribution in [0.4, 0.5) is 5.69 Å². The first-order valence-corrected chi connectivity index (χ1v) is 9.23. The monoisotopic (exact) mass is 349 g/mol. The average molecular weight is 349 g/mol. The van der Waals surface area contributed by atoms with Crippen LogP contribution in [-0.4, -0.2) is 13.4 Å². The van der Waals surface area contributed by atoms with Crippen LogP contribution in [0, 0.1) is 6.92 Å². The van der Waals surface area contributed by atoms with E-state index in [0.29, 0.717) is 5.69 Å². The third kappa shape index (κ3) is 2.70. The Balaban J connectivity index is 1.85. The molecule has 0 fully saturated rings. The SMILES string of the molecule is Cc1ccc(S(=O)(=O)N=Nc2c3[nH]cccc-3c3ccccc23)cc1. The number of nitrogens with zero attached hydrogens (tertiary/aromatic N) is 2. The molecule has 124 valence electrons. The van der Waals surface area contributed by atoms with Gasteiger partial charge in [0.2, 0.25) is 0 Å². The summed E-state index contributed by atoms with van der Waals surface area (Å²) in [5.74, 6) is 0. The van der Waals surface area contributed by atoms with Gasteiger partial charge in [-0.2, -0.15) is 8.42 Å². The van der Waals surface area contributed by atoms with Crippen LogP contribution in [-0.2, 0) is 10.0 Å². The molecule has 1 heterocycles. The van der Waals surface area contributed by atoms with Crippen LogP contribution in [0.3, 0.4) is 0 Å². The summed E-state index contributed by atoms with van der Waals surface area (Å²) in [7, 11) is -3.85. The maximum atomic E-state index is 12.4. The van der Waals surface area contributed by atoms with E-state index in [4.69, 9.17) is 0 Å². The largest absolute Gasteiger partial charge is 0.359 e. The number of pyridine rings is 1. The van der Waals surface area contributed by atoms with E-state index in [1.54, 1.807) is 18.3 Å². The number of hydrogen-bond donors (Lipinski definition) is 1. The molecule has 0 aromatic heterocycles. The number of hydrogen-bond acceptors (Lipinski definition) is 3. The van der Waals surface area contributed by atoms with Gasteiger partial charge < -0.3 is 4.98 Å². The molecule has 0 saturated heterocycles. The van der Waals surface area contributed by atoms with Crippen molar-refractivity contribution in [2.24, 2.45) is 9.63 Å². The highest BCUT2D eigenvalue weighted by Gasteiger charge is 2.19. The molecule has 0 unspecified atom stereocenters. The number of aromatic amines is 1. The second kappa shape index (κ2) is 5.82. The van der Waals surface area contributed by atoms with Crippen molar-refractivity contribution in [2.75, 3.05) is 0 Å². The lowest BCUT2D eigenvalue weighted by Gasteiger charge is -2.00. The average Bonchev–Trinajstić information content (AvgIpc) is 2.94. The van der Waals surface area contributed by atoms with Gasteiger partial charge in [-0.3, -0.25) is 0 Å². The van der Waals surface area contributed by atoms with E-state index in [1.807, 2.05) is 43.3 Å². The summed E-state index contributed by atoms with van der Waals surface area (Å²) in [4.78, 5) is 3.27. The highest BCUT2D eigenvalue weighted by Crippen LogP contribution is 2.43. The molecule has 0 spiro atoms. The minimum atomic E-state index is -3.85. The molecule has 4 rings (SSSR count). The summed E-state index contributed by atoms with van der Waals surface area (Å²) >= 11 is 0. The Kier molecular flexibility index (Phi) is 3.62. The van der Waals surface area contributed by atoms with E-state index in [1.165, 1.54) is 12.1 Å². The van der Waals surface area contributed by atoms with Gasteiger partial charge in [0.15, 0.2) is 0 Å². The molecular formula is C19H15N3O2S. The van der Waals surface area contributed by atoms with Gasteiger partial charge in [-0.15, -0.1) is 5.11 Å². The van der Waals surface area contributed by atoms with Crippen molar-refractivity contribution in [1.82, 2.24) is 4.98 Å². The molecule has 0 bridgehead atoms. The van der Waals surface area contributed by atoms with E-state index in [-0.39, 0.29) is 4.90 Å². The van der Waals surface area contributed by atoms with E-state index in [9.17, 15) is 8.42 Å². The Bertz CT molecular complexity index is 1160.